The highest BCUT2D eigenvalue weighted by molar-refractivity contribution is 6.09. The minimum absolute atomic E-state index is 0.0470. The van der Waals surface area contributed by atoms with Gasteiger partial charge in [-0.15, -0.1) is 0 Å². The zero-order valence-electron chi connectivity index (χ0n) is 11.2. The van der Waals surface area contributed by atoms with Crippen molar-refractivity contribution in [1.82, 2.24) is 5.16 Å². The molecule has 2 rings (SSSR count). The third-order valence-electron chi connectivity index (χ3n) is 3.01. The van der Waals surface area contributed by atoms with Gasteiger partial charge in [-0.3, -0.25) is 4.79 Å². The smallest absolute Gasteiger partial charge is 0.198 e. The predicted octanol–water partition coefficient (Wildman–Crippen LogP) is 3.51. The summed E-state index contributed by atoms with van der Waals surface area (Å²) in [5.41, 5.74) is 2.49. The molecule has 94 valence electrons. The van der Waals surface area contributed by atoms with Gasteiger partial charge in [0.25, 0.3) is 0 Å². The molecule has 0 fully saturated rings. The number of ketones is 1. The molecule has 0 aliphatic carbocycles. The molecule has 0 N–H and O–H groups in total. The van der Waals surface area contributed by atoms with Gasteiger partial charge in [0.05, 0.1) is 11.8 Å². The number of rotatable bonds is 2. The van der Waals surface area contributed by atoms with Crippen LogP contribution in [0, 0.1) is 6.92 Å². The van der Waals surface area contributed by atoms with Crippen molar-refractivity contribution in [2.24, 2.45) is 0 Å². The van der Waals surface area contributed by atoms with Gasteiger partial charge < -0.3 is 4.52 Å². The van der Waals surface area contributed by atoms with Crippen molar-refractivity contribution >= 4 is 5.78 Å². The lowest BCUT2D eigenvalue weighted by Gasteiger charge is -2.18. The van der Waals surface area contributed by atoms with E-state index in [9.17, 15) is 4.79 Å². The van der Waals surface area contributed by atoms with Crippen LogP contribution < -0.4 is 0 Å². The second-order valence-corrected chi connectivity index (χ2v) is 5.45. The van der Waals surface area contributed by atoms with Crippen LogP contribution in [0.5, 0.6) is 0 Å². The molecule has 2 aromatic rings. The van der Waals surface area contributed by atoms with E-state index in [4.69, 9.17) is 4.52 Å². The van der Waals surface area contributed by atoms with Crippen LogP contribution in [0.3, 0.4) is 0 Å². The molecule has 0 radical (unpaired) electrons. The summed E-state index contributed by atoms with van der Waals surface area (Å²) < 4.78 is 4.91. The van der Waals surface area contributed by atoms with Crippen LogP contribution in [0.1, 0.15) is 48.0 Å². The van der Waals surface area contributed by atoms with Gasteiger partial charge in [-0.1, -0.05) is 50.2 Å². The number of benzene rings is 1. The van der Waals surface area contributed by atoms with Gasteiger partial charge in [0.2, 0.25) is 0 Å². The first-order valence-electron chi connectivity index (χ1n) is 5.96. The van der Waals surface area contributed by atoms with Crippen molar-refractivity contribution < 1.29 is 9.32 Å². The first-order valence-corrected chi connectivity index (χ1v) is 5.96. The highest BCUT2D eigenvalue weighted by atomic mass is 16.5. The Labute approximate surface area is 107 Å². The van der Waals surface area contributed by atoms with E-state index in [1.165, 1.54) is 11.8 Å². The standard InChI is InChI=1S/C15H17NO2/c1-10-13(9-16-18-10)14(17)11-5-7-12(8-6-11)15(2,3)4/h5-9H,1-4H3. The lowest BCUT2D eigenvalue weighted by Crippen LogP contribution is -2.11. The molecule has 0 aliphatic heterocycles. The van der Waals surface area contributed by atoms with Crippen LogP contribution in [0.25, 0.3) is 0 Å². The molecule has 0 bridgehead atoms. The molecule has 3 nitrogen and oxygen atoms in total. The van der Waals surface area contributed by atoms with E-state index in [0.717, 1.165) is 0 Å². The first kappa shape index (κ1) is 12.6. The average Bonchev–Trinajstić information content (AvgIpc) is 2.73. The zero-order chi connectivity index (χ0) is 13.3. The third kappa shape index (κ3) is 2.35. The molecule has 3 heteroatoms. The number of hydrogen-bond acceptors (Lipinski definition) is 3. The molecule has 0 atom stereocenters. The molecule has 0 unspecified atom stereocenters. The van der Waals surface area contributed by atoms with E-state index < -0.39 is 0 Å². The van der Waals surface area contributed by atoms with Gasteiger partial charge in [-0.05, 0) is 17.9 Å². The molecule has 0 aliphatic rings. The molecular weight excluding hydrogens is 226 g/mol. The Morgan fingerprint density at radius 1 is 1.17 bits per heavy atom. The number of aromatic nitrogens is 1. The number of hydrogen-bond donors (Lipinski definition) is 0. The molecular formula is C15H17NO2. The van der Waals surface area contributed by atoms with E-state index in [1.807, 2.05) is 24.3 Å². The number of nitrogens with zero attached hydrogens (tertiary/aromatic N) is 1. The maximum atomic E-state index is 12.2. The summed E-state index contributed by atoms with van der Waals surface area (Å²) >= 11 is 0. The number of aryl methyl sites for hydroxylation is 1. The van der Waals surface area contributed by atoms with Crippen molar-refractivity contribution in [3.05, 3.63) is 52.9 Å². The lowest BCUT2D eigenvalue weighted by atomic mass is 9.86. The maximum Gasteiger partial charge on any atom is 0.198 e. The van der Waals surface area contributed by atoms with Crippen LogP contribution in [0.4, 0.5) is 0 Å². The SMILES string of the molecule is Cc1oncc1C(=O)c1ccc(C(C)(C)C)cc1. The lowest BCUT2D eigenvalue weighted by molar-refractivity contribution is 0.103. The van der Waals surface area contributed by atoms with Gasteiger partial charge >= 0.3 is 0 Å². The maximum absolute atomic E-state index is 12.2. The Morgan fingerprint density at radius 2 is 1.78 bits per heavy atom. The number of carbonyl (C=O) groups excluding carboxylic acids is 1. The fraction of sp³-hybridized carbons (Fsp3) is 0.333. The van der Waals surface area contributed by atoms with Gasteiger partial charge in [-0.2, -0.15) is 0 Å². The summed E-state index contributed by atoms with van der Waals surface area (Å²) in [6, 6.07) is 7.71. The van der Waals surface area contributed by atoms with Crippen LogP contribution in [0.2, 0.25) is 0 Å². The fourth-order valence-electron chi connectivity index (χ4n) is 1.79. The van der Waals surface area contributed by atoms with E-state index in [0.29, 0.717) is 16.9 Å². The second kappa shape index (κ2) is 4.41. The highest BCUT2D eigenvalue weighted by Gasteiger charge is 2.17. The summed E-state index contributed by atoms with van der Waals surface area (Å²) in [6.07, 6.45) is 1.47. The Morgan fingerprint density at radius 3 is 2.22 bits per heavy atom. The van der Waals surface area contributed by atoms with Gasteiger partial charge in [-0.25, -0.2) is 0 Å². The molecule has 1 aromatic carbocycles. The minimum atomic E-state index is -0.0470. The van der Waals surface area contributed by atoms with Crippen LogP contribution in [-0.4, -0.2) is 10.9 Å². The normalized spacial score (nSPS) is 11.6. The molecule has 1 heterocycles. The predicted molar refractivity (Wildman–Crippen MR) is 69.8 cm³/mol. The first-order chi connectivity index (χ1) is 8.39. The number of carbonyl (C=O) groups is 1. The second-order valence-electron chi connectivity index (χ2n) is 5.45. The van der Waals surface area contributed by atoms with Gasteiger partial charge in [0.1, 0.15) is 5.76 Å². The highest BCUT2D eigenvalue weighted by Crippen LogP contribution is 2.23. The monoisotopic (exact) mass is 243 g/mol. The van der Waals surface area contributed by atoms with Crippen molar-refractivity contribution in [2.45, 2.75) is 33.1 Å². The fourth-order valence-corrected chi connectivity index (χ4v) is 1.79. The Kier molecular flexibility index (Phi) is 3.07. The van der Waals surface area contributed by atoms with Gasteiger partial charge in [0, 0.05) is 5.56 Å². The van der Waals surface area contributed by atoms with E-state index in [1.54, 1.807) is 6.92 Å². The Hall–Kier alpha value is -1.90. The van der Waals surface area contributed by atoms with Crippen molar-refractivity contribution in [3.63, 3.8) is 0 Å². The van der Waals surface area contributed by atoms with Crippen LogP contribution in [-0.2, 0) is 5.41 Å². The Bertz CT molecular complexity index is 559. The molecule has 0 amide bonds. The van der Waals surface area contributed by atoms with Crippen molar-refractivity contribution in [3.8, 4) is 0 Å². The van der Waals surface area contributed by atoms with Crippen molar-refractivity contribution in [1.29, 1.82) is 0 Å². The summed E-state index contributed by atoms with van der Waals surface area (Å²) in [5, 5.41) is 3.63. The summed E-state index contributed by atoms with van der Waals surface area (Å²) in [5.74, 6) is 0.508. The average molecular weight is 243 g/mol. The Balaban J connectivity index is 2.31. The van der Waals surface area contributed by atoms with E-state index in [-0.39, 0.29) is 11.2 Å². The molecule has 0 saturated heterocycles. The molecule has 18 heavy (non-hydrogen) atoms. The van der Waals surface area contributed by atoms with Gasteiger partial charge in [0.15, 0.2) is 5.78 Å². The summed E-state index contributed by atoms with van der Waals surface area (Å²) in [6.45, 7) is 8.18. The largest absolute Gasteiger partial charge is 0.361 e. The minimum Gasteiger partial charge on any atom is -0.361 e. The van der Waals surface area contributed by atoms with Crippen LogP contribution in [0.15, 0.2) is 35.0 Å². The molecule has 0 spiro atoms. The summed E-state index contributed by atoms with van der Waals surface area (Å²) in [4.78, 5) is 12.2. The van der Waals surface area contributed by atoms with Crippen molar-refractivity contribution in [2.75, 3.05) is 0 Å². The molecule has 1 aromatic heterocycles. The van der Waals surface area contributed by atoms with E-state index in [2.05, 4.69) is 25.9 Å². The van der Waals surface area contributed by atoms with Crippen LogP contribution >= 0.6 is 0 Å². The summed E-state index contributed by atoms with van der Waals surface area (Å²) in [7, 11) is 0. The molecule has 0 saturated carbocycles. The zero-order valence-corrected chi connectivity index (χ0v) is 11.2. The quantitative estimate of drug-likeness (QED) is 0.758. The van der Waals surface area contributed by atoms with E-state index >= 15 is 0 Å². The third-order valence-corrected chi connectivity index (χ3v) is 3.01. The topological polar surface area (TPSA) is 43.1 Å².